The van der Waals surface area contributed by atoms with Crippen LogP contribution in [0.15, 0.2) is 48.5 Å². The van der Waals surface area contributed by atoms with Gasteiger partial charge in [0.05, 0.1) is 5.94 Å². The third-order valence-corrected chi connectivity index (χ3v) is 10.1. The SMILES string of the molecule is CCCCCCCCCCCCNC(=O)C[B][C@H](NC(=O)OCC1c2ccccc2-c2ccccc21)C(=O)NCCCCCCCCCCCC. The Balaban J connectivity index is 1.41. The second kappa shape index (κ2) is 26.5. The van der Waals surface area contributed by atoms with E-state index >= 15 is 0 Å². The molecule has 0 saturated heterocycles. The molecule has 7 nitrogen and oxygen atoms in total. The summed E-state index contributed by atoms with van der Waals surface area (Å²) >= 11 is 0. The van der Waals surface area contributed by atoms with Crippen LogP contribution in [0.1, 0.15) is 159 Å². The lowest BCUT2D eigenvalue weighted by Gasteiger charge is -2.19. The predicted molar refractivity (Wildman–Crippen MR) is 212 cm³/mol. The summed E-state index contributed by atoms with van der Waals surface area (Å²) in [7, 11) is 1.59. The van der Waals surface area contributed by atoms with Crippen molar-refractivity contribution in [3.8, 4) is 11.1 Å². The topological polar surface area (TPSA) is 96.5 Å². The van der Waals surface area contributed by atoms with Crippen LogP contribution in [0.25, 0.3) is 11.1 Å². The molecule has 2 aromatic carbocycles. The van der Waals surface area contributed by atoms with E-state index in [-0.39, 0.29) is 30.7 Å². The third kappa shape index (κ3) is 16.7. The van der Waals surface area contributed by atoms with E-state index in [0.717, 1.165) is 54.4 Å². The summed E-state index contributed by atoms with van der Waals surface area (Å²) < 4.78 is 5.73. The Morgan fingerprint density at radius 3 is 1.53 bits per heavy atom. The highest BCUT2D eigenvalue weighted by molar-refractivity contribution is 6.49. The van der Waals surface area contributed by atoms with Gasteiger partial charge >= 0.3 is 6.09 Å². The number of amides is 3. The molecule has 0 heterocycles. The molecule has 0 spiro atoms. The molecule has 3 rings (SSSR count). The van der Waals surface area contributed by atoms with Gasteiger partial charge in [-0.05, 0) is 35.1 Å². The molecule has 0 saturated carbocycles. The summed E-state index contributed by atoms with van der Waals surface area (Å²) in [4.78, 5) is 39.0. The lowest BCUT2D eigenvalue weighted by molar-refractivity contribution is -0.121. The standard InChI is InChI=1S/C43H67BN3O4/c1-3-5-7-9-11-13-15-17-19-25-31-45-40(48)33-44-41(42(49)46-32-26-20-18-16-14-12-10-8-6-4-2)47-43(50)51-34-39-37-29-23-21-27-35(37)36-28-22-24-30-38(36)39/h21-24,27-30,39,41H,3-20,25-26,31-34H2,1-2H3,(H,45,48)(H,46,49)(H,47,50)/t41-/m1/s1. The van der Waals surface area contributed by atoms with Gasteiger partial charge in [-0.15, -0.1) is 0 Å². The first kappa shape index (κ1) is 42.1. The predicted octanol–water partition coefficient (Wildman–Crippen LogP) is 10.0. The van der Waals surface area contributed by atoms with E-state index in [1.807, 2.05) is 24.3 Å². The lowest BCUT2D eigenvalue weighted by atomic mass is 9.65. The Bertz CT molecular complexity index is 1230. The van der Waals surface area contributed by atoms with Crippen molar-refractivity contribution in [2.24, 2.45) is 0 Å². The zero-order valence-electron chi connectivity index (χ0n) is 32.0. The molecule has 1 atom stereocenters. The van der Waals surface area contributed by atoms with Gasteiger partial charge in [0.15, 0.2) is 7.28 Å². The smallest absolute Gasteiger partial charge is 0.407 e. The first-order valence-electron chi connectivity index (χ1n) is 20.5. The molecular formula is C43H67BN3O4. The van der Waals surface area contributed by atoms with E-state index in [1.54, 1.807) is 7.28 Å². The van der Waals surface area contributed by atoms with Crippen LogP contribution in [0, 0.1) is 0 Å². The lowest BCUT2D eigenvalue weighted by Crippen LogP contribution is -2.51. The molecule has 281 valence electrons. The number of carbonyl (C=O) groups excluding carboxylic acids is 3. The van der Waals surface area contributed by atoms with Gasteiger partial charge < -0.3 is 20.7 Å². The molecule has 1 aliphatic rings. The van der Waals surface area contributed by atoms with E-state index in [4.69, 9.17) is 4.74 Å². The van der Waals surface area contributed by atoms with Crippen molar-refractivity contribution in [3.63, 3.8) is 0 Å². The molecule has 0 aliphatic heterocycles. The molecule has 2 aromatic rings. The van der Waals surface area contributed by atoms with Crippen molar-refractivity contribution >= 4 is 25.2 Å². The minimum absolute atomic E-state index is 0.0394. The quantitative estimate of drug-likeness (QED) is 0.0582. The largest absolute Gasteiger partial charge is 0.449 e. The Morgan fingerprint density at radius 2 is 1.04 bits per heavy atom. The molecule has 0 fully saturated rings. The van der Waals surface area contributed by atoms with Crippen LogP contribution in [0.3, 0.4) is 0 Å². The summed E-state index contributed by atoms with van der Waals surface area (Å²) in [6, 6.07) is 16.4. The monoisotopic (exact) mass is 701 g/mol. The van der Waals surface area contributed by atoms with Gasteiger partial charge in [-0.1, -0.05) is 178 Å². The van der Waals surface area contributed by atoms with Gasteiger partial charge in [-0.3, -0.25) is 9.59 Å². The normalized spacial score (nSPS) is 12.5. The zero-order chi connectivity index (χ0) is 36.4. The average molecular weight is 701 g/mol. The molecule has 0 unspecified atom stereocenters. The number of benzene rings is 2. The molecular weight excluding hydrogens is 633 g/mol. The molecule has 3 N–H and O–H groups in total. The second-order valence-electron chi connectivity index (χ2n) is 14.4. The van der Waals surface area contributed by atoms with Gasteiger partial charge in [0.1, 0.15) is 6.61 Å². The minimum atomic E-state index is -0.966. The zero-order valence-corrected chi connectivity index (χ0v) is 32.0. The Kier molecular flexibility index (Phi) is 21.9. The molecule has 3 amide bonds. The van der Waals surface area contributed by atoms with Crippen LogP contribution in [-0.4, -0.2) is 50.8 Å². The van der Waals surface area contributed by atoms with Gasteiger partial charge in [0.2, 0.25) is 11.8 Å². The fourth-order valence-corrected chi connectivity index (χ4v) is 7.07. The summed E-state index contributed by atoms with van der Waals surface area (Å²) in [5.74, 6) is -1.51. The number of hydrogen-bond acceptors (Lipinski definition) is 4. The summed E-state index contributed by atoms with van der Waals surface area (Å²) in [6.45, 7) is 5.81. The molecule has 1 aliphatic carbocycles. The maximum absolute atomic E-state index is 13.3. The maximum Gasteiger partial charge on any atom is 0.407 e. The van der Waals surface area contributed by atoms with E-state index in [2.05, 4.69) is 54.1 Å². The van der Waals surface area contributed by atoms with Crippen molar-refractivity contribution in [3.05, 3.63) is 59.7 Å². The molecule has 51 heavy (non-hydrogen) atoms. The summed E-state index contributed by atoms with van der Waals surface area (Å²) in [6.07, 6.45) is 24.0. The molecule has 0 aromatic heterocycles. The van der Waals surface area contributed by atoms with Crippen molar-refractivity contribution in [1.82, 2.24) is 16.0 Å². The van der Waals surface area contributed by atoms with E-state index in [0.29, 0.717) is 13.1 Å². The number of alkyl carbamates (subject to hydrolysis) is 1. The highest BCUT2D eigenvalue weighted by atomic mass is 16.5. The molecule has 0 bridgehead atoms. The summed E-state index contributed by atoms with van der Waals surface area (Å²) in [5, 5.41) is 8.70. The highest BCUT2D eigenvalue weighted by Crippen LogP contribution is 2.44. The fourth-order valence-electron chi connectivity index (χ4n) is 7.07. The number of nitrogens with one attached hydrogen (secondary N) is 3. The molecule has 1 radical (unpaired) electrons. The number of carbonyl (C=O) groups is 3. The number of ether oxygens (including phenoxy) is 1. The maximum atomic E-state index is 13.3. The number of unbranched alkanes of at least 4 members (excludes halogenated alkanes) is 18. The number of hydrogen-bond donors (Lipinski definition) is 3. The van der Waals surface area contributed by atoms with Crippen LogP contribution < -0.4 is 16.0 Å². The average Bonchev–Trinajstić information content (AvgIpc) is 3.47. The van der Waals surface area contributed by atoms with E-state index < -0.39 is 12.0 Å². The first-order valence-corrected chi connectivity index (χ1v) is 20.5. The van der Waals surface area contributed by atoms with Gasteiger partial charge in [-0.2, -0.15) is 0 Å². The fraction of sp³-hybridized carbons (Fsp3) is 0.651. The third-order valence-electron chi connectivity index (χ3n) is 10.1. The van der Waals surface area contributed by atoms with Crippen LogP contribution in [-0.2, 0) is 14.3 Å². The van der Waals surface area contributed by atoms with Gasteiger partial charge in [-0.25, -0.2) is 4.79 Å². The van der Waals surface area contributed by atoms with Crippen LogP contribution in [0.2, 0.25) is 6.32 Å². The van der Waals surface area contributed by atoms with Crippen molar-refractivity contribution < 1.29 is 19.1 Å². The second-order valence-corrected chi connectivity index (χ2v) is 14.4. The van der Waals surface area contributed by atoms with Gasteiger partial charge in [0, 0.05) is 25.3 Å². The number of fused-ring (bicyclic) bond motifs is 3. The van der Waals surface area contributed by atoms with Crippen molar-refractivity contribution in [2.45, 2.75) is 160 Å². The number of rotatable bonds is 29. The minimum Gasteiger partial charge on any atom is -0.449 e. The van der Waals surface area contributed by atoms with E-state index in [9.17, 15) is 14.4 Å². The Labute approximate surface area is 310 Å². The van der Waals surface area contributed by atoms with Crippen molar-refractivity contribution in [1.29, 1.82) is 0 Å². The first-order chi connectivity index (χ1) is 25.0. The van der Waals surface area contributed by atoms with Crippen LogP contribution in [0.4, 0.5) is 4.79 Å². The highest BCUT2D eigenvalue weighted by Gasteiger charge is 2.30. The van der Waals surface area contributed by atoms with Crippen LogP contribution in [0.5, 0.6) is 0 Å². The Hall–Kier alpha value is -3.29. The van der Waals surface area contributed by atoms with Crippen molar-refractivity contribution in [2.75, 3.05) is 19.7 Å². The van der Waals surface area contributed by atoms with E-state index in [1.165, 1.54) is 96.3 Å². The summed E-state index contributed by atoms with van der Waals surface area (Å²) in [5.41, 5.74) is 4.57. The van der Waals surface area contributed by atoms with Gasteiger partial charge in [0.25, 0.3) is 0 Å². The Morgan fingerprint density at radius 1 is 0.608 bits per heavy atom. The molecule has 8 heteroatoms. The van der Waals surface area contributed by atoms with Crippen LogP contribution >= 0.6 is 0 Å².